The second-order valence-electron chi connectivity index (χ2n) is 8.41. The van der Waals surface area contributed by atoms with Gasteiger partial charge < -0.3 is 24.7 Å². The molecular formula is C17H29N5O4Si. The van der Waals surface area contributed by atoms with E-state index in [0.29, 0.717) is 23.6 Å². The maximum absolute atomic E-state index is 10.7. The predicted octanol–water partition coefficient (Wildman–Crippen LogP) is 1.70. The van der Waals surface area contributed by atoms with Crippen molar-refractivity contribution in [1.29, 1.82) is 0 Å². The normalized spacial score (nSPS) is 26.8. The van der Waals surface area contributed by atoms with Crippen LogP contribution in [0.1, 0.15) is 27.0 Å². The summed E-state index contributed by atoms with van der Waals surface area (Å²) in [6.45, 7) is 11.2. The van der Waals surface area contributed by atoms with Crippen LogP contribution in [0.15, 0.2) is 12.7 Å². The Hall–Kier alpha value is -1.59. The molecule has 3 heterocycles. The van der Waals surface area contributed by atoms with Crippen LogP contribution in [0.5, 0.6) is 0 Å². The van der Waals surface area contributed by atoms with E-state index in [4.69, 9.17) is 19.6 Å². The molecule has 0 unspecified atom stereocenters. The maximum atomic E-state index is 10.7. The van der Waals surface area contributed by atoms with E-state index in [-0.39, 0.29) is 5.04 Å². The van der Waals surface area contributed by atoms with Crippen LogP contribution >= 0.6 is 0 Å². The van der Waals surface area contributed by atoms with Gasteiger partial charge in [-0.1, -0.05) is 20.8 Å². The fourth-order valence-electron chi connectivity index (χ4n) is 2.90. The van der Waals surface area contributed by atoms with Gasteiger partial charge in [0.2, 0.25) is 0 Å². The van der Waals surface area contributed by atoms with Gasteiger partial charge >= 0.3 is 0 Å². The lowest BCUT2D eigenvalue weighted by molar-refractivity contribution is -0.0570. The van der Waals surface area contributed by atoms with Crippen molar-refractivity contribution in [1.82, 2.24) is 19.5 Å². The van der Waals surface area contributed by atoms with Crippen LogP contribution in [0, 0.1) is 0 Å². The molecule has 1 aliphatic rings. The predicted molar refractivity (Wildman–Crippen MR) is 104 cm³/mol. The Morgan fingerprint density at radius 2 is 2.00 bits per heavy atom. The van der Waals surface area contributed by atoms with Gasteiger partial charge in [-0.05, 0) is 18.1 Å². The molecule has 9 nitrogen and oxygen atoms in total. The van der Waals surface area contributed by atoms with E-state index in [1.54, 1.807) is 18.0 Å². The lowest BCUT2D eigenvalue weighted by atomic mass is 10.1. The van der Waals surface area contributed by atoms with Crippen molar-refractivity contribution in [2.75, 3.05) is 19.5 Å². The number of fused-ring (bicyclic) bond motifs is 1. The summed E-state index contributed by atoms with van der Waals surface area (Å²) in [6, 6.07) is 0. The Morgan fingerprint density at radius 3 is 2.63 bits per heavy atom. The number of aliphatic hydroxyl groups excluding tert-OH is 1. The molecule has 0 spiro atoms. The molecule has 4 atom stereocenters. The quantitative estimate of drug-likeness (QED) is 0.735. The lowest BCUT2D eigenvalue weighted by Crippen LogP contribution is -2.44. The molecular weight excluding hydrogens is 366 g/mol. The molecule has 1 saturated heterocycles. The zero-order valence-electron chi connectivity index (χ0n) is 16.7. The Bertz CT molecular complexity index is 806. The molecule has 27 heavy (non-hydrogen) atoms. The number of anilines is 1. The Balaban J connectivity index is 1.82. The Morgan fingerprint density at radius 1 is 1.30 bits per heavy atom. The number of nitrogens with two attached hydrogens (primary N) is 1. The lowest BCUT2D eigenvalue weighted by Gasteiger charge is -2.37. The summed E-state index contributed by atoms with van der Waals surface area (Å²) < 4.78 is 19.6. The number of rotatable bonds is 5. The van der Waals surface area contributed by atoms with Crippen molar-refractivity contribution in [3.05, 3.63) is 12.7 Å². The van der Waals surface area contributed by atoms with Crippen molar-refractivity contribution < 1.29 is 19.0 Å². The number of imidazole rings is 1. The fraction of sp³-hybridized carbons (Fsp3) is 0.706. The third-order valence-corrected chi connectivity index (χ3v) is 10.2. The van der Waals surface area contributed by atoms with Gasteiger partial charge in [-0.2, -0.15) is 0 Å². The minimum atomic E-state index is -1.96. The molecule has 0 radical (unpaired) electrons. The highest BCUT2D eigenvalue weighted by Gasteiger charge is 2.47. The molecule has 0 amide bonds. The van der Waals surface area contributed by atoms with Gasteiger partial charge in [0.1, 0.15) is 30.2 Å². The minimum Gasteiger partial charge on any atom is -0.414 e. The Labute approximate surface area is 160 Å². The molecule has 1 fully saturated rings. The van der Waals surface area contributed by atoms with Crippen LogP contribution in [0.2, 0.25) is 18.1 Å². The number of aliphatic hydroxyl groups is 1. The number of nitrogens with zero attached hydrogens (tertiary/aromatic N) is 4. The average Bonchev–Trinajstić information content (AvgIpc) is 3.14. The average molecular weight is 396 g/mol. The number of hydrogen-bond acceptors (Lipinski definition) is 8. The van der Waals surface area contributed by atoms with Gasteiger partial charge in [0.05, 0.1) is 12.9 Å². The number of ether oxygens (including phenoxy) is 2. The summed E-state index contributed by atoms with van der Waals surface area (Å²) in [7, 11) is -0.416. The first-order valence-corrected chi connectivity index (χ1v) is 11.9. The van der Waals surface area contributed by atoms with Crippen LogP contribution < -0.4 is 5.73 Å². The second-order valence-corrected chi connectivity index (χ2v) is 13.2. The van der Waals surface area contributed by atoms with E-state index in [1.165, 1.54) is 6.33 Å². The molecule has 10 heteroatoms. The SMILES string of the molecule is CO[C@@H]1[C@H](O)[C@@H](CO[Si](C)(C)C(C)(C)C)O[C@H]1n1cnc2c(N)ncnc21. The highest BCUT2D eigenvalue weighted by molar-refractivity contribution is 6.74. The maximum Gasteiger partial charge on any atom is 0.192 e. The van der Waals surface area contributed by atoms with Crippen LogP contribution in [-0.4, -0.2) is 65.0 Å². The molecule has 0 aromatic carbocycles. The van der Waals surface area contributed by atoms with E-state index in [9.17, 15) is 5.11 Å². The molecule has 1 aliphatic heterocycles. The second kappa shape index (κ2) is 7.10. The first-order chi connectivity index (χ1) is 12.6. The summed E-state index contributed by atoms with van der Waals surface area (Å²) in [5, 5.41) is 10.8. The number of methoxy groups -OCH3 is 1. The molecule has 3 rings (SSSR count). The topological polar surface area (TPSA) is 118 Å². The standard InChI is InChI=1S/C17H29N5O4Si/c1-17(2,3)27(5,6)25-7-10-12(23)13(24-4)16(26-10)22-9-21-11-14(18)19-8-20-15(11)22/h8-10,12-13,16,23H,7H2,1-6H3,(H2,18,19,20)/t10-,12-,13-,16-/m1/s1. The first-order valence-electron chi connectivity index (χ1n) is 9.00. The Kier molecular flexibility index (Phi) is 5.30. The third-order valence-electron chi connectivity index (χ3n) is 5.66. The summed E-state index contributed by atoms with van der Waals surface area (Å²) in [5.74, 6) is 0.295. The summed E-state index contributed by atoms with van der Waals surface area (Å²) in [6.07, 6.45) is 0.452. The van der Waals surface area contributed by atoms with E-state index >= 15 is 0 Å². The minimum absolute atomic E-state index is 0.0750. The van der Waals surface area contributed by atoms with Crippen LogP contribution in [0.3, 0.4) is 0 Å². The highest BCUT2D eigenvalue weighted by Crippen LogP contribution is 2.38. The van der Waals surface area contributed by atoms with Gasteiger partial charge in [-0.3, -0.25) is 4.57 Å². The van der Waals surface area contributed by atoms with Crippen molar-refractivity contribution >= 4 is 25.3 Å². The smallest absolute Gasteiger partial charge is 0.192 e. The zero-order chi connectivity index (χ0) is 20.0. The van der Waals surface area contributed by atoms with E-state index in [2.05, 4.69) is 48.8 Å². The van der Waals surface area contributed by atoms with E-state index < -0.39 is 32.9 Å². The van der Waals surface area contributed by atoms with Crippen LogP contribution in [0.25, 0.3) is 11.2 Å². The molecule has 2 aromatic heterocycles. The molecule has 0 bridgehead atoms. The largest absolute Gasteiger partial charge is 0.414 e. The monoisotopic (exact) mass is 395 g/mol. The molecule has 150 valence electrons. The molecule has 0 saturated carbocycles. The van der Waals surface area contributed by atoms with Crippen molar-refractivity contribution in [3.63, 3.8) is 0 Å². The third kappa shape index (κ3) is 3.59. The summed E-state index contributed by atoms with van der Waals surface area (Å²) in [4.78, 5) is 12.5. The summed E-state index contributed by atoms with van der Waals surface area (Å²) in [5.41, 5.74) is 6.89. The number of aromatic nitrogens is 4. The molecule has 2 aromatic rings. The summed E-state index contributed by atoms with van der Waals surface area (Å²) >= 11 is 0. The van der Waals surface area contributed by atoms with E-state index in [1.807, 2.05) is 0 Å². The van der Waals surface area contributed by atoms with Gasteiger partial charge in [-0.25, -0.2) is 15.0 Å². The van der Waals surface area contributed by atoms with E-state index in [0.717, 1.165) is 0 Å². The number of nitrogen functional groups attached to an aromatic ring is 1. The van der Waals surface area contributed by atoms with Crippen molar-refractivity contribution in [3.8, 4) is 0 Å². The van der Waals surface area contributed by atoms with Crippen molar-refractivity contribution in [2.24, 2.45) is 0 Å². The molecule has 3 N–H and O–H groups in total. The van der Waals surface area contributed by atoms with Crippen LogP contribution in [0.4, 0.5) is 5.82 Å². The van der Waals surface area contributed by atoms with Gasteiger partial charge in [0.25, 0.3) is 0 Å². The zero-order valence-corrected chi connectivity index (χ0v) is 17.7. The fourth-order valence-corrected chi connectivity index (χ4v) is 3.91. The van der Waals surface area contributed by atoms with Gasteiger partial charge in [-0.15, -0.1) is 0 Å². The number of hydrogen-bond donors (Lipinski definition) is 2. The molecule has 0 aliphatic carbocycles. The first kappa shape index (κ1) is 20.1. The van der Waals surface area contributed by atoms with Crippen molar-refractivity contribution in [2.45, 2.75) is 63.4 Å². The van der Waals surface area contributed by atoms with Crippen LogP contribution in [-0.2, 0) is 13.9 Å². The highest BCUT2D eigenvalue weighted by atomic mass is 28.4. The van der Waals surface area contributed by atoms with Gasteiger partial charge in [0, 0.05) is 7.11 Å². The van der Waals surface area contributed by atoms with Gasteiger partial charge in [0.15, 0.2) is 26.0 Å².